The summed E-state index contributed by atoms with van der Waals surface area (Å²) in [5.41, 5.74) is 2.77. The van der Waals surface area contributed by atoms with Crippen molar-refractivity contribution in [1.82, 2.24) is 10.2 Å². The lowest BCUT2D eigenvalue weighted by Gasteiger charge is -2.26. The van der Waals surface area contributed by atoms with Crippen molar-refractivity contribution in [1.29, 1.82) is 0 Å². The minimum absolute atomic E-state index is 0.00832. The fourth-order valence-electron chi connectivity index (χ4n) is 3.10. The lowest BCUT2D eigenvalue weighted by molar-refractivity contribution is -0.156. The summed E-state index contributed by atoms with van der Waals surface area (Å²) >= 11 is 1.18. The van der Waals surface area contributed by atoms with Gasteiger partial charge in [-0.2, -0.15) is 0 Å². The first kappa shape index (κ1) is 26.5. The summed E-state index contributed by atoms with van der Waals surface area (Å²) in [7, 11) is 0. The van der Waals surface area contributed by atoms with E-state index < -0.39 is 17.6 Å². The molecule has 1 unspecified atom stereocenters. The van der Waals surface area contributed by atoms with E-state index in [0.29, 0.717) is 25.3 Å². The predicted octanol–water partition coefficient (Wildman–Crippen LogP) is 4.92. The Bertz CT molecular complexity index is 924. The molecule has 33 heavy (non-hydrogen) atoms. The number of nitrogens with zero attached hydrogens (tertiary/aromatic N) is 1. The van der Waals surface area contributed by atoms with Gasteiger partial charge in [0.1, 0.15) is 11.6 Å². The number of carbonyl (C=O) groups excluding carboxylic acids is 3. The van der Waals surface area contributed by atoms with Crippen LogP contribution in [0.25, 0.3) is 11.1 Å². The second-order valence-corrected chi connectivity index (χ2v) is 10.1. The highest BCUT2D eigenvalue weighted by atomic mass is 32.2. The first-order valence-corrected chi connectivity index (χ1v) is 12.1. The number of carbonyl (C=O) groups is 3. The molecule has 6 nitrogen and oxygen atoms in total. The molecule has 0 fully saturated rings. The number of amides is 2. The van der Waals surface area contributed by atoms with Gasteiger partial charge in [0.25, 0.3) is 0 Å². The maximum atomic E-state index is 12.9. The van der Waals surface area contributed by atoms with Gasteiger partial charge in [0.05, 0.1) is 0 Å². The summed E-state index contributed by atoms with van der Waals surface area (Å²) in [5.74, 6) is 0.0154. The van der Waals surface area contributed by atoms with Crippen LogP contribution in [0.2, 0.25) is 0 Å². The molecule has 0 aliphatic carbocycles. The van der Waals surface area contributed by atoms with Crippen molar-refractivity contribution in [2.24, 2.45) is 0 Å². The van der Waals surface area contributed by atoms with Crippen LogP contribution in [0.4, 0.5) is 4.79 Å². The molecule has 0 saturated heterocycles. The lowest BCUT2D eigenvalue weighted by atomic mass is 10.0. The summed E-state index contributed by atoms with van der Waals surface area (Å²) < 4.78 is 5.35. The Morgan fingerprint density at radius 1 is 0.970 bits per heavy atom. The highest BCUT2D eigenvalue weighted by molar-refractivity contribution is 8.13. The summed E-state index contributed by atoms with van der Waals surface area (Å²) in [6.45, 7) is 9.34. The molecular formula is C26H34N2O4S. The standard InChI is InChI=1S/C26H34N2O4S/c1-19(24(30)32-26(3,4)5)27-25(31)28(17-18-33-20(2)29)16-15-21-11-13-23(14-12-21)22-9-7-6-8-10-22/h6-14,19H,15-18H2,1-5H3,(H,27,31). The van der Waals surface area contributed by atoms with Crippen LogP contribution in [0.15, 0.2) is 54.6 Å². The molecule has 1 N–H and O–H groups in total. The van der Waals surface area contributed by atoms with Crippen molar-refractivity contribution < 1.29 is 19.1 Å². The molecule has 2 aromatic carbocycles. The molecule has 0 aliphatic heterocycles. The molecule has 0 aliphatic rings. The second kappa shape index (κ2) is 12.4. The van der Waals surface area contributed by atoms with E-state index in [9.17, 15) is 14.4 Å². The van der Waals surface area contributed by atoms with Gasteiger partial charge in [0.2, 0.25) is 0 Å². The molecule has 178 valence electrons. The number of benzene rings is 2. The van der Waals surface area contributed by atoms with Crippen LogP contribution in [-0.2, 0) is 20.7 Å². The largest absolute Gasteiger partial charge is 0.458 e. The van der Waals surface area contributed by atoms with Crippen LogP contribution in [-0.4, -0.2) is 52.5 Å². The normalized spacial score (nSPS) is 12.0. The van der Waals surface area contributed by atoms with Crippen LogP contribution in [0.5, 0.6) is 0 Å². The molecule has 0 saturated carbocycles. The van der Waals surface area contributed by atoms with E-state index in [-0.39, 0.29) is 11.1 Å². The van der Waals surface area contributed by atoms with Gasteiger partial charge in [0, 0.05) is 25.8 Å². The van der Waals surface area contributed by atoms with Gasteiger partial charge in [-0.25, -0.2) is 9.59 Å². The summed E-state index contributed by atoms with van der Waals surface area (Å²) in [6, 6.07) is 17.3. The fourth-order valence-corrected chi connectivity index (χ4v) is 3.70. The van der Waals surface area contributed by atoms with Crippen molar-refractivity contribution in [3.8, 4) is 11.1 Å². The van der Waals surface area contributed by atoms with Crippen molar-refractivity contribution in [3.63, 3.8) is 0 Å². The van der Waals surface area contributed by atoms with E-state index in [1.165, 1.54) is 18.7 Å². The number of nitrogens with one attached hydrogen (secondary N) is 1. The molecule has 2 amide bonds. The number of hydrogen-bond donors (Lipinski definition) is 1. The maximum Gasteiger partial charge on any atom is 0.328 e. The predicted molar refractivity (Wildman–Crippen MR) is 134 cm³/mol. The number of urea groups is 1. The number of rotatable bonds is 9. The zero-order chi connectivity index (χ0) is 24.4. The topological polar surface area (TPSA) is 75.7 Å². The van der Waals surface area contributed by atoms with Crippen LogP contribution in [0, 0.1) is 0 Å². The Labute approximate surface area is 201 Å². The molecule has 0 spiro atoms. The van der Waals surface area contributed by atoms with Crippen molar-refractivity contribution in [2.45, 2.75) is 52.7 Å². The Hall–Kier alpha value is -2.80. The average molecular weight is 471 g/mol. The minimum Gasteiger partial charge on any atom is -0.458 e. The van der Waals surface area contributed by atoms with E-state index in [1.54, 1.807) is 32.6 Å². The number of ether oxygens (including phenoxy) is 1. The molecule has 0 radical (unpaired) electrons. The first-order valence-electron chi connectivity index (χ1n) is 11.1. The first-order chi connectivity index (χ1) is 15.5. The third-order valence-electron chi connectivity index (χ3n) is 4.79. The van der Waals surface area contributed by atoms with Gasteiger partial charge in [-0.1, -0.05) is 66.4 Å². The Morgan fingerprint density at radius 3 is 2.15 bits per heavy atom. The summed E-state index contributed by atoms with van der Waals surface area (Å²) in [4.78, 5) is 38.1. The molecule has 0 heterocycles. The highest BCUT2D eigenvalue weighted by Crippen LogP contribution is 2.19. The van der Waals surface area contributed by atoms with Crippen LogP contribution < -0.4 is 5.32 Å². The second-order valence-electron chi connectivity index (χ2n) is 8.84. The third-order valence-corrected chi connectivity index (χ3v) is 5.58. The van der Waals surface area contributed by atoms with Crippen LogP contribution in [0.1, 0.15) is 40.2 Å². The van der Waals surface area contributed by atoms with Crippen molar-refractivity contribution in [2.75, 3.05) is 18.8 Å². The molecule has 2 rings (SSSR count). The Morgan fingerprint density at radius 2 is 1.58 bits per heavy atom. The summed E-state index contributed by atoms with van der Waals surface area (Å²) in [5, 5.41) is 2.73. The van der Waals surface area contributed by atoms with E-state index >= 15 is 0 Å². The fraction of sp³-hybridized carbons (Fsp3) is 0.423. The van der Waals surface area contributed by atoms with Gasteiger partial charge in [0.15, 0.2) is 5.12 Å². The lowest BCUT2D eigenvalue weighted by Crippen LogP contribution is -2.49. The smallest absolute Gasteiger partial charge is 0.328 e. The van der Waals surface area contributed by atoms with Gasteiger partial charge in [-0.3, -0.25) is 4.79 Å². The van der Waals surface area contributed by atoms with Gasteiger partial charge < -0.3 is 15.0 Å². The van der Waals surface area contributed by atoms with Gasteiger partial charge in [-0.15, -0.1) is 0 Å². The average Bonchev–Trinajstić information content (AvgIpc) is 2.75. The molecule has 0 bridgehead atoms. The molecule has 2 aromatic rings. The van der Waals surface area contributed by atoms with E-state index in [2.05, 4.69) is 41.7 Å². The zero-order valence-corrected chi connectivity index (χ0v) is 20.9. The number of thioether (sulfide) groups is 1. The Kier molecular flexibility index (Phi) is 9.97. The summed E-state index contributed by atoms with van der Waals surface area (Å²) in [6.07, 6.45) is 0.661. The maximum absolute atomic E-state index is 12.9. The Balaban J connectivity index is 2.00. The van der Waals surface area contributed by atoms with E-state index in [1.807, 2.05) is 18.2 Å². The third kappa shape index (κ3) is 9.70. The number of hydrogen-bond acceptors (Lipinski definition) is 5. The monoisotopic (exact) mass is 470 g/mol. The zero-order valence-electron chi connectivity index (χ0n) is 20.1. The number of esters is 1. The minimum atomic E-state index is -0.773. The van der Waals surface area contributed by atoms with Gasteiger partial charge in [-0.05, 0) is 50.8 Å². The highest BCUT2D eigenvalue weighted by Gasteiger charge is 2.25. The molecule has 0 aromatic heterocycles. The van der Waals surface area contributed by atoms with Crippen molar-refractivity contribution in [3.05, 3.63) is 60.2 Å². The van der Waals surface area contributed by atoms with E-state index in [0.717, 1.165) is 16.7 Å². The molecule has 7 heteroatoms. The van der Waals surface area contributed by atoms with Gasteiger partial charge >= 0.3 is 12.0 Å². The van der Waals surface area contributed by atoms with Crippen LogP contribution in [0.3, 0.4) is 0 Å². The van der Waals surface area contributed by atoms with Crippen LogP contribution >= 0.6 is 11.8 Å². The SMILES string of the molecule is CC(=O)SCCN(CCc1ccc(-c2ccccc2)cc1)C(=O)NC(C)C(=O)OC(C)(C)C. The van der Waals surface area contributed by atoms with Crippen molar-refractivity contribution >= 4 is 28.9 Å². The van der Waals surface area contributed by atoms with E-state index in [4.69, 9.17) is 4.74 Å². The molecule has 1 atom stereocenters. The molecular weight excluding hydrogens is 436 g/mol. The quantitative estimate of drug-likeness (QED) is 0.527.